The van der Waals surface area contributed by atoms with Crippen LogP contribution in [0.5, 0.6) is 0 Å². The molecule has 0 atom stereocenters. The molecule has 0 radical (unpaired) electrons. The van der Waals surface area contributed by atoms with E-state index in [1.165, 1.54) is 25.7 Å². The zero-order valence-electron chi connectivity index (χ0n) is 11.1. The molecule has 4 heteroatoms. The van der Waals surface area contributed by atoms with Gasteiger partial charge in [-0.2, -0.15) is 15.4 Å². The molecule has 0 amide bonds. The van der Waals surface area contributed by atoms with Crippen molar-refractivity contribution in [1.82, 2.24) is 20.7 Å². The van der Waals surface area contributed by atoms with Gasteiger partial charge < -0.3 is 5.32 Å². The summed E-state index contributed by atoms with van der Waals surface area (Å²) in [6, 6.07) is 10.2. The number of nitrogens with zero attached hydrogens (tertiary/aromatic N) is 2. The molecule has 2 aromatic rings. The van der Waals surface area contributed by atoms with Crippen LogP contribution in [0, 0.1) is 5.92 Å². The number of rotatable bonds is 5. The van der Waals surface area contributed by atoms with Crippen molar-refractivity contribution in [2.45, 2.75) is 32.2 Å². The second kappa shape index (κ2) is 5.97. The van der Waals surface area contributed by atoms with E-state index in [0.717, 1.165) is 36.0 Å². The van der Waals surface area contributed by atoms with Crippen molar-refractivity contribution >= 4 is 0 Å². The number of hydrogen-bond acceptors (Lipinski definition) is 3. The van der Waals surface area contributed by atoms with Crippen LogP contribution < -0.4 is 5.32 Å². The van der Waals surface area contributed by atoms with Gasteiger partial charge in [-0.15, -0.1) is 0 Å². The normalized spacial score (nSPS) is 16.0. The van der Waals surface area contributed by atoms with Crippen molar-refractivity contribution in [3.63, 3.8) is 0 Å². The van der Waals surface area contributed by atoms with Crippen molar-refractivity contribution in [2.24, 2.45) is 5.92 Å². The minimum atomic E-state index is 0.789. The highest BCUT2D eigenvalue weighted by atomic mass is 15.3. The topological polar surface area (TPSA) is 53.6 Å². The van der Waals surface area contributed by atoms with Crippen LogP contribution in [-0.4, -0.2) is 22.0 Å². The molecule has 1 aliphatic rings. The van der Waals surface area contributed by atoms with Crippen LogP contribution in [0.4, 0.5) is 0 Å². The van der Waals surface area contributed by atoms with E-state index in [1.54, 1.807) is 0 Å². The average molecular weight is 256 g/mol. The maximum absolute atomic E-state index is 4.26. The maximum atomic E-state index is 4.26. The van der Waals surface area contributed by atoms with Gasteiger partial charge in [0.2, 0.25) is 0 Å². The lowest BCUT2D eigenvalue weighted by Gasteiger charge is -2.09. The smallest absolute Gasteiger partial charge is 0.117 e. The standard InChI is InChI=1S/C15H20N4/c1-2-8-13(9-3-1)15-14(17-19-18-15)11-16-10-12-6-4-5-7-12/h1-3,8-9,12,16H,4-7,10-11H2,(H,17,18,19). The molecule has 2 N–H and O–H groups in total. The predicted molar refractivity (Wildman–Crippen MR) is 75.5 cm³/mol. The summed E-state index contributed by atoms with van der Waals surface area (Å²) in [6.07, 6.45) is 5.53. The quantitative estimate of drug-likeness (QED) is 0.865. The van der Waals surface area contributed by atoms with Crippen LogP contribution in [-0.2, 0) is 6.54 Å². The van der Waals surface area contributed by atoms with Gasteiger partial charge in [0.15, 0.2) is 0 Å². The first-order chi connectivity index (χ1) is 9.43. The Morgan fingerprint density at radius 1 is 1.11 bits per heavy atom. The Morgan fingerprint density at radius 3 is 2.68 bits per heavy atom. The lowest BCUT2D eigenvalue weighted by Crippen LogP contribution is -2.21. The summed E-state index contributed by atoms with van der Waals surface area (Å²) in [5.74, 6) is 0.854. The van der Waals surface area contributed by atoms with Gasteiger partial charge in [0.1, 0.15) is 11.4 Å². The summed E-state index contributed by atoms with van der Waals surface area (Å²) in [7, 11) is 0. The van der Waals surface area contributed by atoms with Crippen molar-refractivity contribution in [1.29, 1.82) is 0 Å². The monoisotopic (exact) mass is 256 g/mol. The minimum Gasteiger partial charge on any atom is -0.311 e. The first-order valence-corrected chi connectivity index (χ1v) is 7.09. The second-order valence-corrected chi connectivity index (χ2v) is 5.27. The minimum absolute atomic E-state index is 0.789. The van der Waals surface area contributed by atoms with Crippen LogP contribution in [0.1, 0.15) is 31.4 Å². The Kier molecular flexibility index (Phi) is 3.89. The Morgan fingerprint density at radius 2 is 1.89 bits per heavy atom. The molecule has 4 nitrogen and oxygen atoms in total. The van der Waals surface area contributed by atoms with Crippen molar-refractivity contribution in [3.8, 4) is 11.3 Å². The fourth-order valence-corrected chi connectivity index (χ4v) is 2.81. The van der Waals surface area contributed by atoms with E-state index in [4.69, 9.17) is 0 Å². The molecule has 1 fully saturated rings. The highest BCUT2D eigenvalue weighted by molar-refractivity contribution is 5.60. The van der Waals surface area contributed by atoms with Crippen LogP contribution in [0.25, 0.3) is 11.3 Å². The third kappa shape index (κ3) is 3.01. The Balaban J connectivity index is 1.61. The van der Waals surface area contributed by atoms with Crippen LogP contribution in [0.2, 0.25) is 0 Å². The molecule has 19 heavy (non-hydrogen) atoms. The molecule has 1 aliphatic carbocycles. The molecule has 1 heterocycles. The molecule has 0 aliphatic heterocycles. The fourth-order valence-electron chi connectivity index (χ4n) is 2.81. The molecular formula is C15H20N4. The molecule has 0 unspecified atom stereocenters. The van der Waals surface area contributed by atoms with Crippen molar-refractivity contribution in [2.75, 3.05) is 6.54 Å². The lowest BCUT2D eigenvalue weighted by molar-refractivity contribution is 0.487. The van der Waals surface area contributed by atoms with Crippen LogP contribution in [0.15, 0.2) is 30.3 Å². The molecular weight excluding hydrogens is 236 g/mol. The van der Waals surface area contributed by atoms with Gasteiger partial charge in [0, 0.05) is 12.1 Å². The fraction of sp³-hybridized carbons (Fsp3) is 0.467. The third-order valence-corrected chi connectivity index (χ3v) is 3.87. The van der Waals surface area contributed by atoms with Gasteiger partial charge >= 0.3 is 0 Å². The average Bonchev–Trinajstić information content (AvgIpc) is 3.11. The number of benzene rings is 1. The molecule has 0 bridgehead atoms. The summed E-state index contributed by atoms with van der Waals surface area (Å²) in [6.45, 7) is 1.89. The van der Waals surface area contributed by atoms with E-state index in [1.807, 2.05) is 18.2 Å². The number of hydrogen-bond donors (Lipinski definition) is 2. The lowest BCUT2D eigenvalue weighted by atomic mass is 10.1. The third-order valence-electron chi connectivity index (χ3n) is 3.87. The highest BCUT2D eigenvalue weighted by Gasteiger charge is 2.15. The van der Waals surface area contributed by atoms with E-state index in [-0.39, 0.29) is 0 Å². The number of nitrogens with one attached hydrogen (secondary N) is 2. The largest absolute Gasteiger partial charge is 0.311 e. The van der Waals surface area contributed by atoms with Gasteiger partial charge in [-0.1, -0.05) is 43.2 Å². The first kappa shape index (κ1) is 12.4. The summed E-state index contributed by atoms with van der Waals surface area (Å²) in [4.78, 5) is 0. The van der Waals surface area contributed by atoms with Crippen molar-refractivity contribution in [3.05, 3.63) is 36.0 Å². The summed E-state index contributed by atoms with van der Waals surface area (Å²) in [5, 5.41) is 14.8. The summed E-state index contributed by atoms with van der Waals surface area (Å²) >= 11 is 0. The van der Waals surface area contributed by atoms with Gasteiger partial charge in [0.05, 0.1) is 0 Å². The van der Waals surface area contributed by atoms with Gasteiger partial charge in [-0.25, -0.2) is 0 Å². The maximum Gasteiger partial charge on any atom is 0.117 e. The highest BCUT2D eigenvalue weighted by Crippen LogP contribution is 2.24. The van der Waals surface area contributed by atoms with Gasteiger partial charge in [0.25, 0.3) is 0 Å². The molecule has 1 saturated carbocycles. The van der Waals surface area contributed by atoms with Crippen LogP contribution in [0.3, 0.4) is 0 Å². The SMILES string of the molecule is c1ccc(-c2n[nH]nc2CNCC2CCCC2)cc1. The number of H-pyrrole nitrogens is 1. The predicted octanol–water partition coefficient (Wildman–Crippen LogP) is 2.75. The second-order valence-electron chi connectivity index (χ2n) is 5.27. The Bertz CT molecular complexity index is 500. The van der Waals surface area contributed by atoms with Gasteiger partial charge in [-0.05, 0) is 25.3 Å². The Hall–Kier alpha value is -1.68. The Labute approximate surface area is 113 Å². The molecule has 1 aromatic heterocycles. The zero-order chi connectivity index (χ0) is 12.9. The van der Waals surface area contributed by atoms with E-state index in [9.17, 15) is 0 Å². The van der Waals surface area contributed by atoms with Crippen LogP contribution >= 0.6 is 0 Å². The summed E-state index contributed by atoms with van der Waals surface area (Å²) < 4.78 is 0. The number of aromatic nitrogens is 3. The first-order valence-electron chi connectivity index (χ1n) is 7.09. The van der Waals surface area contributed by atoms with E-state index in [2.05, 4.69) is 32.9 Å². The molecule has 0 saturated heterocycles. The van der Waals surface area contributed by atoms with Gasteiger partial charge in [-0.3, -0.25) is 0 Å². The molecule has 0 spiro atoms. The zero-order valence-corrected chi connectivity index (χ0v) is 11.1. The van der Waals surface area contributed by atoms with E-state index >= 15 is 0 Å². The summed E-state index contributed by atoms with van der Waals surface area (Å²) in [5.41, 5.74) is 3.08. The van der Waals surface area contributed by atoms with E-state index < -0.39 is 0 Å². The molecule has 3 rings (SSSR count). The molecule has 100 valence electrons. The van der Waals surface area contributed by atoms with Crippen molar-refractivity contribution < 1.29 is 0 Å². The number of aromatic amines is 1. The van der Waals surface area contributed by atoms with E-state index in [0.29, 0.717) is 0 Å². The molecule has 1 aromatic carbocycles.